The maximum atomic E-state index is 9.23. The zero-order chi connectivity index (χ0) is 10.8. The Morgan fingerprint density at radius 1 is 1.47 bits per heavy atom. The SMILES string of the molecule is CCc1cc(C)n(C2CCCC2)c1C#N. The molecule has 1 aliphatic rings. The molecule has 1 fully saturated rings. The van der Waals surface area contributed by atoms with Crippen molar-refractivity contribution in [3.63, 3.8) is 0 Å². The lowest BCUT2D eigenvalue weighted by Crippen LogP contribution is -2.09. The van der Waals surface area contributed by atoms with Crippen LogP contribution in [0.3, 0.4) is 0 Å². The summed E-state index contributed by atoms with van der Waals surface area (Å²) in [6, 6.07) is 5.14. The van der Waals surface area contributed by atoms with Gasteiger partial charge in [-0.15, -0.1) is 0 Å². The number of nitriles is 1. The second kappa shape index (κ2) is 4.10. The third-order valence-corrected chi connectivity index (χ3v) is 3.48. The zero-order valence-corrected chi connectivity index (χ0v) is 9.58. The van der Waals surface area contributed by atoms with Gasteiger partial charge >= 0.3 is 0 Å². The van der Waals surface area contributed by atoms with E-state index in [1.165, 1.54) is 36.9 Å². The summed E-state index contributed by atoms with van der Waals surface area (Å²) in [4.78, 5) is 0. The van der Waals surface area contributed by atoms with Gasteiger partial charge in [-0.2, -0.15) is 5.26 Å². The van der Waals surface area contributed by atoms with Crippen LogP contribution in [0.25, 0.3) is 0 Å². The highest BCUT2D eigenvalue weighted by Crippen LogP contribution is 2.33. The summed E-state index contributed by atoms with van der Waals surface area (Å²) in [5, 5.41) is 9.23. The molecular formula is C13H18N2. The molecule has 1 saturated carbocycles. The molecule has 0 bridgehead atoms. The van der Waals surface area contributed by atoms with Crippen LogP contribution in [0.1, 0.15) is 55.6 Å². The van der Waals surface area contributed by atoms with E-state index >= 15 is 0 Å². The van der Waals surface area contributed by atoms with E-state index in [1.54, 1.807) is 0 Å². The molecule has 0 saturated heterocycles. The molecule has 1 aromatic rings. The van der Waals surface area contributed by atoms with E-state index in [4.69, 9.17) is 0 Å². The van der Waals surface area contributed by atoms with E-state index in [0.717, 1.165) is 12.1 Å². The predicted octanol–water partition coefficient (Wildman–Crippen LogP) is 3.35. The number of nitrogens with zero attached hydrogens (tertiary/aromatic N) is 2. The van der Waals surface area contributed by atoms with E-state index in [2.05, 4.69) is 30.6 Å². The fourth-order valence-corrected chi connectivity index (χ4v) is 2.75. The summed E-state index contributed by atoms with van der Waals surface area (Å²) in [5.74, 6) is 0. The molecule has 0 aromatic carbocycles. The van der Waals surface area contributed by atoms with Crippen LogP contribution in [0.2, 0.25) is 0 Å². The Hall–Kier alpha value is -1.23. The van der Waals surface area contributed by atoms with Gasteiger partial charge in [0.1, 0.15) is 11.8 Å². The van der Waals surface area contributed by atoms with Gasteiger partial charge in [0.25, 0.3) is 0 Å². The minimum Gasteiger partial charge on any atom is -0.334 e. The van der Waals surface area contributed by atoms with Crippen molar-refractivity contribution in [2.45, 2.75) is 52.0 Å². The molecule has 2 heteroatoms. The molecule has 0 unspecified atom stereocenters. The lowest BCUT2D eigenvalue weighted by atomic mass is 10.2. The first-order chi connectivity index (χ1) is 7.27. The molecule has 2 nitrogen and oxygen atoms in total. The quantitative estimate of drug-likeness (QED) is 0.723. The minimum atomic E-state index is 0.583. The highest BCUT2D eigenvalue weighted by molar-refractivity contribution is 5.37. The molecule has 0 N–H and O–H groups in total. The lowest BCUT2D eigenvalue weighted by molar-refractivity contribution is 0.505. The molecule has 0 aliphatic heterocycles. The lowest BCUT2D eigenvalue weighted by Gasteiger charge is -2.15. The van der Waals surface area contributed by atoms with Gasteiger partial charge in [-0.1, -0.05) is 19.8 Å². The number of hydrogen-bond donors (Lipinski definition) is 0. The van der Waals surface area contributed by atoms with E-state index < -0.39 is 0 Å². The highest BCUT2D eigenvalue weighted by atomic mass is 15.0. The van der Waals surface area contributed by atoms with E-state index in [9.17, 15) is 5.26 Å². The monoisotopic (exact) mass is 202 g/mol. The Morgan fingerprint density at radius 2 is 2.13 bits per heavy atom. The van der Waals surface area contributed by atoms with Gasteiger partial charge in [0.05, 0.1) is 0 Å². The molecule has 0 amide bonds. The third-order valence-electron chi connectivity index (χ3n) is 3.48. The molecule has 15 heavy (non-hydrogen) atoms. The van der Waals surface area contributed by atoms with Crippen LogP contribution < -0.4 is 0 Å². The van der Waals surface area contributed by atoms with Crippen molar-refractivity contribution in [1.82, 2.24) is 4.57 Å². The summed E-state index contributed by atoms with van der Waals surface area (Å²) in [6.07, 6.45) is 6.08. The predicted molar refractivity (Wildman–Crippen MR) is 60.8 cm³/mol. The first-order valence-electron chi connectivity index (χ1n) is 5.88. The van der Waals surface area contributed by atoms with Gasteiger partial charge in [-0.25, -0.2) is 0 Å². The summed E-state index contributed by atoms with van der Waals surface area (Å²) in [7, 11) is 0. The van der Waals surface area contributed by atoms with Crippen molar-refractivity contribution in [1.29, 1.82) is 5.26 Å². The normalized spacial score (nSPS) is 16.9. The molecule has 1 aromatic heterocycles. The van der Waals surface area contributed by atoms with E-state index in [-0.39, 0.29) is 0 Å². The molecule has 2 rings (SSSR count). The van der Waals surface area contributed by atoms with Crippen molar-refractivity contribution >= 4 is 0 Å². The Kier molecular flexibility index (Phi) is 2.81. The Balaban J connectivity index is 2.45. The number of hydrogen-bond acceptors (Lipinski definition) is 1. The van der Waals surface area contributed by atoms with Crippen molar-refractivity contribution in [3.8, 4) is 6.07 Å². The van der Waals surface area contributed by atoms with E-state index in [0.29, 0.717) is 6.04 Å². The Labute approximate surface area is 91.5 Å². The Bertz CT molecular complexity index is 389. The van der Waals surface area contributed by atoms with Gasteiger partial charge in [0.2, 0.25) is 0 Å². The van der Waals surface area contributed by atoms with Crippen molar-refractivity contribution in [2.24, 2.45) is 0 Å². The van der Waals surface area contributed by atoms with Gasteiger partial charge in [0.15, 0.2) is 0 Å². The van der Waals surface area contributed by atoms with Crippen LogP contribution >= 0.6 is 0 Å². The fourth-order valence-electron chi connectivity index (χ4n) is 2.75. The summed E-state index contributed by atoms with van der Waals surface area (Å²) >= 11 is 0. The van der Waals surface area contributed by atoms with Crippen molar-refractivity contribution in [2.75, 3.05) is 0 Å². The van der Waals surface area contributed by atoms with Crippen LogP contribution in [-0.2, 0) is 6.42 Å². The van der Waals surface area contributed by atoms with Gasteiger partial charge in [-0.05, 0) is 37.8 Å². The van der Waals surface area contributed by atoms with Crippen LogP contribution in [0.5, 0.6) is 0 Å². The molecule has 0 atom stereocenters. The van der Waals surface area contributed by atoms with Gasteiger partial charge < -0.3 is 4.57 Å². The highest BCUT2D eigenvalue weighted by Gasteiger charge is 2.22. The minimum absolute atomic E-state index is 0.583. The van der Waals surface area contributed by atoms with Crippen LogP contribution in [0, 0.1) is 18.3 Å². The first-order valence-corrected chi connectivity index (χ1v) is 5.88. The van der Waals surface area contributed by atoms with Crippen LogP contribution in [-0.4, -0.2) is 4.57 Å². The molecule has 0 spiro atoms. The molecule has 1 aliphatic carbocycles. The molecule has 0 radical (unpaired) electrons. The topological polar surface area (TPSA) is 28.7 Å². The van der Waals surface area contributed by atoms with Crippen LogP contribution in [0.15, 0.2) is 6.07 Å². The third kappa shape index (κ3) is 1.67. The standard InChI is InChI=1S/C13H18N2/c1-3-11-8-10(2)15(13(11)9-14)12-6-4-5-7-12/h8,12H,3-7H2,1-2H3. The van der Waals surface area contributed by atoms with Gasteiger partial charge in [-0.3, -0.25) is 0 Å². The fraction of sp³-hybridized carbons (Fsp3) is 0.615. The average molecular weight is 202 g/mol. The zero-order valence-electron chi connectivity index (χ0n) is 9.58. The second-order valence-electron chi connectivity index (χ2n) is 4.43. The van der Waals surface area contributed by atoms with Crippen LogP contribution in [0.4, 0.5) is 0 Å². The number of rotatable bonds is 2. The summed E-state index contributed by atoms with van der Waals surface area (Å²) in [6.45, 7) is 4.24. The maximum absolute atomic E-state index is 9.23. The second-order valence-corrected chi connectivity index (χ2v) is 4.43. The Morgan fingerprint density at radius 3 is 2.67 bits per heavy atom. The van der Waals surface area contributed by atoms with Crippen molar-refractivity contribution in [3.05, 3.63) is 23.0 Å². The first kappa shape index (κ1) is 10.3. The summed E-state index contributed by atoms with van der Waals surface area (Å²) in [5.41, 5.74) is 3.37. The molecule has 1 heterocycles. The molecule has 80 valence electrons. The smallest absolute Gasteiger partial charge is 0.123 e. The van der Waals surface area contributed by atoms with E-state index in [1.807, 2.05) is 0 Å². The average Bonchev–Trinajstić information content (AvgIpc) is 2.83. The number of aromatic nitrogens is 1. The summed E-state index contributed by atoms with van der Waals surface area (Å²) < 4.78 is 2.27. The molecular weight excluding hydrogens is 184 g/mol. The van der Waals surface area contributed by atoms with Gasteiger partial charge in [0, 0.05) is 11.7 Å². The largest absolute Gasteiger partial charge is 0.334 e. The maximum Gasteiger partial charge on any atom is 0.123 e. The number of aryl methyl sites for hydroxylation is 2. The van der Waals surface area contributed by atoms with Crippen molar-refractivity contribution < 1.29 is 0 Å².